The van der Waals surface area contributed by atoms with Gasteiger partial charge in [0, 0.05) is 0 Å². The van der Waals surface area contributed by atoms with Gasteiger partial charge in [0.05, 0.1) is 11.9 Å². The monoisotopic (exact) mass is 231 g/mol. The van der Waals surface area contributed by atoms with Crippen LogP contribution < -0.4 is 4.74 Å². The number of nitrogens with zero attached hydrogens (tertiary/aromatic N) is 1. The third-order valence-electron chi connectivity index (χ3n) is 1.42. The number of hydrogen-bond donors (Lipinski definition) is 1. The van der Waals surface area contributed by atoms with E-state index in [4.69, 9.17) is 5.11 Å². The predicted molar refractivity (Wildman–Crippen MR) is 58.3 cm³/mol. The Morgan fingerprint density at radius 3 is 2.50 bits per heavy atom. The summed E-state index contributed by atoms with van der Waals surface area (Å²) >= 11 is 0. The fourth-order valence-corrected chi connectivity index (χ4v) is 0.778. The minimum Gasteiger partial charge on any atom is -0.429 e. The smallest absolute Gasteiger partial charge is 0.421 e. The van der Waals surface area contributed by atoms with Crippen LogP contribution >= 0.6 is 0 Å². The average molecular weight is 231 g/mol. The number of aromatic nitrogens is 1. The molecule has 16 heavy (non-hydrogen) atoms. The van der Waals surface area contributed by atoms with Crippen molar-refractivity contribution in [2.24, 2.45) is 0 Å². The van der Waals surface area contributed by atoms with Crippen LogP contribution in [-0.4, -0.2) is 22.8 Å². The lowest BCUT2D eigenvalue weighted by Crippen LogP contribution is -2.29. The second kappa shape index (κ2) is 6.90. The first-order chi connectivity index (χ1) is 7.57. The normalized spacial score (nSPS) is 10.1. The van der Waals surface area contributed by atoms with Gasteiger partial charge in [-0.1, -0.05) is 20.4 Å². The largest absolute Gasteiger partial charge is 0.429 e. The second-order valence-electron chi connectivity index (χ2n) is 2.52. The first-order valence-corrected chi connectivity index (χ1v) is 4.83. The predicted octanol–water partition coefficient (Wildman–Crippen LogP) is 2.71. The van der Waals surface area contributed by atoms with E-state index < -0.39 is 12.7 Å². The van der Waals surface area contributed by atoms with E-state index in [1.807, 2.05) is 13.8 Å². The Morgan fingerprint density at radius 2 is 2.12 bits per heavy atom. The van der Waals surface area contributed by atoms with Gasteiger partial charge >= 0.3 is 6.11 Å². The first-order valence-electron chi connectivity index (χ1n) is 4.83. The molecule has 0 bridgehead atoms. The molecule has 0 amide bonds. The molecule has 0 aliphatic heterocycles. The van der Waals surface area contributed by atoms with Gasteiger partial charge in [0.2, 0.25) is 0 Å². The average Bonchev–Trinajstić information content (AvgIpc) is 2.32. The van der Waals surface area contributed by atoms with Gasteiger partial charge in [-0.3, -0.25) is 4.98 Å². The molecule has 0 saturated heterocycles. The zero-order valence-electron chi connectivity index (χ0n) is 9.28. The SMILES string of the molecule is C=Cc1ccc(OC(F)(F)CO)cn1.CC. The third kappa shape index (κ3) is 4.84. The standard InChI is InChI=1S/C9H9F2NO2.C2H6/c1-2-7-3-4-8(5-12-7)14-9(10,11)6-13;1-2/h2-5,13H,1,6H2;1-2H3. The van der Waals surface area contributed by atoms with Gasteiger partial charge in [-0.2, -0.15) is 8.78 Å². The molecular formula is C11H15F2NO2. The lowest BCUT2D eigenvalue weighted by atomic mass is 10.3. The third-order valence-corrected chi connectivity index (χ3v) is 1.42. The van der Waals surface area contributed by atoms with Gasteiger partial charge in [0.15, 0.2) is 0 Å². The maximum Gasteiger partial charge on any atom is 0.421 e. The van der Waals surface area contributed by atoms with Crippen molar-refractivity contribution >= 4 is 6.08 Å². The fraction of sp³-hybridized carbons (Fsp3) is 0.364. The molecule has 0 saturated carbocycles. The number of aliphatic hydroxyl groups is 1. The highest BCUT2D eigenvalue weighted by Crippen LogP contribution is 2.20. The van der Waals surface area contributed by atoms with Gasteiger partial charge in [0.1, 0.15) is 12.4 Å². The van der Waals surface area contributed by atoms with E-state index in [-0.39, 0.29) is 5.75 Å². The molecule has 1 aromatic heterocycles. The summed E-state index contributed by atoms with van der Waals surface area (Å²) in [4.78, 5) is 3.76. The number of pyridine rings is 1. The van der Waals surface area contributed by atoms with E-state index >= 15 is 0 Å². The van der Waals surface area contributed by atoms with Crippen LogP contribution in [0.1, 0.15) is 19.5 Å². The molecule has 1 N–H and O–H groups in total. The van der Waals surface area contributed by atoms with E-state index in [1.54, 1.807) is 0 Å². The first kappa shape index (κ1) is 14.5. The molecule has 3 nitrogen and oxygen atoms in total. The highest BCUT2D eigenvalue weighted by Gasteiger charge is 2.30. The number of halogens is 2. The number of hydrogen-bond acceptors (Lipinski definition) is 3. The summed E-state index contributed by atoms with van der Waals surface area (Å²) in [6, 6.07) is 2.81. The van der Waals surface area contributed by atoms with Crippen LogP contribution in [0.25, 0.3) is 6.08 Å². The molecule has 0 aliphatic rings. The van der Waals surface area contributed by atoms with E-state index in [0.29, 0.717) is 5.69 Å². The van der Waals surface area contributed by atoms with Crippen molar-refractivity contribution in [1.29, 1.82) is 0 Å². The molecule has 1 heterocycles. The Bertz CT molecular complexity index is 312. The summed E-state index contributed by atoms with van der Waals surface area (Å²) < 4.78 is 29.2. The molecule has 0 aliphatic carbocycles. The number of rotatable bonds is 4. The summed E-state index contributed by atoms with van der Waals surface area (Å²) in [5, 5.41) is 8.24. The molecule has 0 spiro atoms. The zero-order chi connectivity index (χ0) is 12.6. The van der Waals surface area contributed by atoms with Crippen LogP contribution in [0.5, 0.6) is 5.75 Å². The Hall–Kier alpha value is -1.49. The van der Waals surface area contributed by atoms with E-state index in [9.17, 15) is 8.78 Å². The van der Waals surface area contributed by atoms with Gasteiger partial charge in [-0.15, -0.1) is 0 Å². The second-order valence-corrected chi connectivity index (χ2v) is 2.52. The molecule has 0 atom stereocenters. The Morgan fingerprint density at radius 1 is 1.50 bits per heavy atom. The molecule has 1 aromatic rings. The Balaban J connectivity index is 0.00000106. The van der Waals surface area contributed by atoms with Crippen molar-refractivity contribution in [2.75, 3.05) is 6.61 Å². The van der Waals surface area contributed by atoms with Crippen molar-refractivity contribution < 1.29 is 18.6 Å². The molecule has 90 valence electrons. The van der Waals surface area contributed by atoms with Crippen molar-refractivity contribution in [3.8, 4) is 5.75 Å². The zero-order valence-corrected chi connectivity index (χ0v) is 9.28. The Labute approximate surface area is 93.4 Å². The van der Waals surface area contributed by atoms with E-state index in [0.717, 1.165) is 6.20 Å². The summed E-state index contributed by atoms with van der Waals surface area (Å²) in [5.41, 5.74) is 0.560. The maximum absolute atomic E-state index is 12.5. The van der Waals surface area contributed by atoms with Gasteiger partial charge in [-0.05, 0) is 18.2 Å². The number of ether oxygens (including phenoxy) is 1. The molecule has 0 fully saturated rings. The quantitative estimate of drug-likeness (QED) is 0.866. The summed E-state index contributed by atoms with van der Waals surface area (Å²) in [7, 11) is 0. The van der Waals surface area contributed by atoms with Crippen molar-refractivity contribution in [1.82, 2.24) is 4.98 Å². The molecule has 0 radical (unpaired) electrons. The van der Waals surface area contributed by atoms with Crippen molar-refractivity contribution in [2.45, 2.75) is 20.0 Å². The molecule has 0 unspecified atom stereocenters. The van der Waals surface area contributed by atoms with E-state index in [2.05, 4.69) is 16.3 Å². The molecule has 1 rings (SSSR count). The van der Waals surface area contributed by atoms with Crippen LogP contribution in [0.2, 0.25) is 0 Å². The molecule has 5 heteroatoms. The van der Waals surface area contributed by atoms with Crippen LogP contribution in [0.3, 0.4) is 0 Å². The minimum atomic E-state index is -3.57. The summed E-state index contributed by atoms with van der Waals surface area (Å²) in [5.74, 6) is -0.102. The van der Waals surface area contributed by atoms with Crippen LogP contribution in [0.4, 0.5) is 8.78 Å². The fourth-order valence-electron chi connectivity index (χ4n) is 0.778. The molecule has 0 aromatic carbocycles. The Kier molecular flexibility index (Phi) is 6.25. The van der Waals surface area contributed by atoms with Gasteiger partial charge in [-0.25, -0.2) is 0 Å². The lowest BCUT2D eigenvalue weighted by Gasteiger charge is -2.14. The van der Waals surface area contributed by atoms with Crippen LogP contribution in [0, 0.1) is 0 Å². The van der Waals surface area contributed by atoms with E-state index in [1.165, 1.54) is 18.2 Å². The maximum atomic E-state index is 12.5. The highest BCUT2D eigenvalue weighted by molar-refractivity contribution is 5.42. The van der Waals surface area contributed by atoms with Gasteiger partial charge in [0.25, 0.3) is 0 Å². The summed E-state index contributed by atoms with van der Waals surface area (Å²) in [6.07, 6.45) is -0.952. The van der Waals surface area contributed by atoms with Crippen molar-refractivity contribution in [3.63, 3.8) is 0 Å². The van der Waals surface area contributed by atoms with Crippen molar-refractivity contribution in [3.05, 3.63) is 30.6 Å². The summed E-state index contributed by atoms with van der Waals surface area (Å²) in [6.45, 7) is 6.10. The number of aliphatic hydroxyl groups excluding tert-OH is 1. The topological polar surface area (TPSA) is 42.4 Å². The lowest BCUT2D eigenvalue weighted by molar-refractivity contribution is -0.201. The van der Waals surface area contributed by atoms with Gasteiger partial charge < -0.3 is 9.84 Å². The minimum absolute atomic E-state index is 0.102. The van der Waals surface area contributed by atoms with Crippen LogP contribution in [-0.2, 0) is 0 Å². The number of alkyl halides is 2. The molecular weight excluding hydrogens is 216 g/mol. The highest BCUT2D eigenvalue weighted by atomic mass is 19.3. The van der Waals surface area contributed by atoms with Crippen LogP contribution in [0.15, 0.2) is 24.9 Å².